The van der Waals surface area contributed by atoms with E-state index >= 15 is 0 Å². The quantitative estimate of drug-likeness (QED) is 0.891. The summed E-state index contributed by atoms with van der Waals surface area (Å²) < 4.78 is 11.1. The Balaban J connectivity index is 2.16. The normalized spacial score (nSPS) is 22.3. The summed E-state index contributed by atoms with van der Waals surface area (Å²) in [6, 6.07) is 4.85. The molecule has 110 valence electrons. The zero-order chi connectivity index (χ0) is 14.5. The van der Waals surface area contributed by atoms with Crippen molar-refractivity contribution in [3.05, 3.63) is 23.8 Å². The third kappa shape index (κ3) is 3.44. The Morgan fingerprint density at radius 2 is 2.20 bits per heavy atom. The van der Waals surface area contributed by atoms with E-state index in [4.69, 9.17) is 9.47 Å². The van der Waals surface area contributed by atoms with Gasteiger partial charge in [0.1, 0.15) is 17.1 Å². The molecule has 0 aliphatic heterocycles. The van der Waals surface area contributed by atoms with Crippen molar-refractivity contribution in [1.29, 1.82) is 0 Å². The fraction of sp³-hybridized carbons (Fsp3) is 0.562. The van der Waals surface area contributed by atoms with Crippen LogP contribution in [-0.4, -0.2) is 24.3 Å². The molecule has 0 saturated heterocycles. The Labute approximate surface area is 119 Å². The van der Waals surface area contributed by atoms with Gasteiger partial charge in [-0.25, -0.2) is 4.79 Å². The maximum atomic E-state index is 11.3. The van der Waals surface area contributed by atoms with Crippen molar-refractivity contribution in [1.82, 2.24) is 0 Å². The fourth-order valence-electron chi connectivity index (χ4n) is 2.80. The smallest absolute Gasteiger partial charge is 0.339 e. The summed E-state index contributed by atoms with van der Waals surface area (Å²) in [5, 5.41) is 9.24. The number of carboxylic acid groups (broad SMARTS) is 1. The van der Waals surface area contributed by atoms with Gasteiger partial charge in [-0.2, -0.15) is 0 Å². The molecule has 2 rings (SSSR count). The molecule has 0 bridgehead atoms. The fourth-order valence-corrected chi connectivity index (χ4v) is 2.80. The molecule has 0 aromatic heterocycles. The molecule has 20 heavy (non-hydrogen) atoms. The zero-order valence-corrected chi connectivity index (χ0v) is 12.1. The van der Waals surface area contributed by atoms with Crippen LogP contribution in [0.5, 0.6) is 11.5 Å². The number of hydrogen-bond acceptors (Lipinski definition) is 3. The molecule has 1 N–H and O–H groups in total. The lowest BCUT2D eigenvalue weighted by Crippen LogP contribution is -2.25. The molecule has 4 heteroatoms. The van der Waals surface area contributed by atoms with Crippen LogP contribution in [-0.2, 0) is 0 Å². The lowest BCUT2D eigenvalue weighted by atomic mass is 9.85. The van der Waals surface area contributed by atoms with Gasteiger partial charge >= 0.3 is 5.97 Å². The van der Waals surface area contributed by atoms with Crippen molar-refractivity contribution in [2.75, 3.05) is 7.11 Å². The second kappa shape index (κ2) is 6.64. The number of hydrogen-bond donors (Lipinski definition) is 1. The van der Waals surface area contributed by atoms with Crippen molar-refractivity contribution in [2.45, 2.75) is 45.1 Å². The first-order valence-electron chi connectivity index (χ1n) is 7.22. The largest absolute Gasteiger partial charge is 0.497 e. The first-order chi connectivity index (χ1) is 9.63. The highest BCUT2D eigenvalue weighted by molar-refractivity contribution is 5.91. The van der Waals surface area contributed by atoms with Gasteiger partial charge < -0.3 is 14.6 Å². The Morgan fingerprint density at radius 1 is 1.40 bits per heavy atom. The van der Waals surface area contributed by atoms with Gasteiger partial charge in [0.15, 0.2) is 0 Å². The molecule has 1 fully saturated rings. The maximum Gasteiger partial charge on any atom is 0.339 e. The van der Waals surface area contributed by atoms with Gasteiger partial charge in [0.2, 0.25) is 0 Å². The van der Waals surface area contributed by atoms with Crippen LogP contribution < -0.4 is 9.47 Å². The number of ether oxygens (including phenoxy) is 2. The first-order valence-corrected chi connectivity index (χ1v) is 7.22. The summed E-state index contributed by atoms with van der Waals surface area (Å²) in [4.78, 5) is 11.3. The molecule has 0 radical (unpaired) electrons. The first kappa shape index (κ1) is 14.7. The molecular weight excluding hydrogens is 256 g/mol. The number of carboxylic acids is 1. The summed E-state index contributed by atoms with van der Waals surface area (Å²) in [6.45, 7) is 2.20. The van der Waals surface area contributed by atoms with Crippen molar-refractivity contribution in [2.24, 2.45) is 5.92 Å². The maximum absolute atomic E-state index is 11.3. The van der Waals surface area contributed by atoms with E-state index in [-0.39, 0.29) is 11.7 Å². The Morgan fingerprint density at radius 3 is 2.85 bits per heavy atom. The van der Waals surface area contributed by atoms with Crippen molar-refractivity contribution in [3.8, 4) is 11.5 Å². The Bertz CT molecular complexity index is 470. The molecule has 2 atom stereocenters. The van der Waals surface area contributed by atoms with Crippen LogP contribution in [0.2, 0.25) is 0 Å². The number of methoxy groups -OCH3 is 1. The molecule has 0 amide bonds. The minimum absolute atomic E-state index is 0.110. The average molecular weight is 278 g/mol. The highest BCUT2D eigenvalue weighted by Gasteiger charge is 2.24. The van der Waals surface area contributed by atoms with Gasteiger partial charge in [0.05, 0.1) is 13.2 Å². The molecule has 2 unspecified atom stereocenters. The summed E-state index contributed by atoms with van der Waals surface area (Å²) >= 11 is 0. The van der Waals surface area contributed by atoms with Crippen LogP contribution in [0.3, 0.4) is 0 Å². The van der Waals surface area contributed by atoms with Crippen molar-refractivity contribution in [3.63, 3.8) is 0 Å². The van der Waals surface area contributed by atoms with E-state index in [1.165, 1.54) is 12.5 Å². The SMILES string of the molecule is CCC1CCCC(Oc2cc(OC)ccc2C(=O)O)C1. The predicted molar refractivity (Wildman–Crippen MR) is 76.6 cm³/mol. The minimum Gasteiger partial charge on any atom is -0.497 e. The molecule has 0 spiro atoms. The van der Waals surface area contributed by atoms with Gasteiger partial charge in [-0.15, -0.1) is 0 Å². The van der Waals surface area contributed by atoms with E-state index in [9.17, 15) is 9.90 Å². The Hall–Kier alpha value is -1.71. The summed E-state index contributed by atoms with van der Waals surface area (Å²) in [6.07, 6.45) is 5.66. The van der Waals surface area contributed by atoms with E-state index < -0.39 is 5.97 Å². The molecule has 0 heterocycles. The number of aromatic carboxylic acids is 1. The van der Waals surface area contributed by atoms with Crippen LogP contribution in [0.15, 0.2) is 18.2 Å². The lowest BCUT2D eigenvalue weighted by molar-refractivity contribution is 0.0682. The third-order valence-corrected chi connectivity index (χ3v) is 4.02. The predicted octanol–water partition coefficient (Wildman–Crippen LogP) is 3.74. The Kier molecular flexibility index (Phi) is 4.88. The van der Waals surface area contributed by atoms with Gasteiger partial charge in [0, 0.05) is 6.07 Å². The lowest BCUT2D eigenvalue weighted by Gasteiger charge is -2.29. The van der Waals surface area contributed by atoms with Crippen molar-refractivity contribution < 1.29 is 19.4 Å². The number of carbonyl (C=O) groups is 1. The molecule has 1 aliphatic carbocycles. The minimum atomic E-state index is -0.967. The average Bonchev–Trinajstić information content (AvgIpc) is 2.47. The van der Waals surface area contributed by atoms with Gasteiger partial charge in [-0.05, 0) is 37.3 Å². The topological polar surface area (TPSA) is 55.8 Å². The zero-order valence-electron chi connectivity index (χ0n) is 12.1. The van der Waals surface area contributed by atoms with Crippen LogP contribution in [0.4, 0.5) is 0 Å². The van der Waals surface area contributed by atoms with Gasteiger partial charge in [0.25, 0.3) is 0 Å². The number of rotatable bonds is 5. The summed E-state index contributed by atoms with van der Waals surface area (Å²) in [7, 11) is 1.56. The van der Waals surface area contributed by atoms with E-state index in [1.807, 2.05) is 0 Å². The summed E-state index contributed by atoms with van der Waals surface area (Å²) in [5.41, 5.74) is 0.199. The van der Waals surface area contributed by atoms with Crippen LogP contribution >= 0.6 is 0 Å². The second-order valence-electron chi connectivity index (χ2n) is 5.35. The van der Waals surface area contributed by atoms with E-state index in [1.54, 1.807) is 19.2 Å². The van der Waals surface area contributed by atoms with Gasteiger partial charge in [-0.1, -0.05) is 19.8 Å². The molecule has 1 saturated carbocycles. The summed E-state index contributed by atoms with van der Waals surface area (Å²) in [5.74, 6) is 0.754. The monoisotopic (exact) mass is 278 g/mol. The molecule has 1 aromatic carbocycles. The van der Waals surface area contributed by atoms with E-state index in [0.29, 0.717) is 17.4 Å². The molecule has 4 nitrogen and oxygen atoms in total. The second-order valence-corrected chi connectivity index (χ2v) is 5.35. The standard InChI is InChI=1S/C16H22O4/c1-3-11-5-4-6-13(9-11)20-15-10-12(19-2)7-8-14(15)16(17)18/h7-8,10-11,13H,3-6,9H2,1-2H3,(H,17,18). The highest BCUT2D eigenvalue weighted by atomic mass is 16.5. The highest BCUT2D eigenvalue weighted by Crippen LogP contribution is 2.32. The van der Waals surface area contributed by atoms with E-state index in [0.717, 1.165) is 25.7 Å². The molecular formula is C16H22O4. The van der Waals surface area contributed by atoms with Gasteiger partial charge in [-0.3, -0.25) is 0 Å². The number of benzene rings is 1. The van der Waals surface area contributed by atoms with Crippen LogP contribution in [0.1, 0.15) is 49.4 Å². The molecule has 1 aliphatic rings. The third-order valence-electron chi connectivity index (χ3n) is 4.02. The van der Waals surface area contributed by atoms with Crippen LogP contribution in [0.25, 0.3) is 0 Å². The van der Waals surface area contributed by atoms with Crippen LogP contribution in [0, 0.1) is 5.92 Å². The van der Waals surface area contributed by atoms with Crippen molar-refractivity contribution >= 4 is 5.97 Å². The molecule has 1 aromatic rings. The van der Waals surface area contributed by atoms with E-state index in [2.05, 4.69) is 6.92 Å².